The second-order valence-corrected chi connectivity index (χ2v) is 6.36. The Morgan fingerprint density at radius 3 is 2.53 bits per heavy atom. The fourth-order valence-electron chi connectivity index (χ4n) is 1.46. The summed E-state index contributed by atoms with van der Waals surface area (Å²) in [6.45, 7) is 0. The Labute approximate surface area is 126 Å². The molecule has 0 aliphatic heterocycles. The number of para-hydroxylation sites is 1. The summed E-state index contributed by atoms with van der Waals surface area (Å²) in [5.74, 6) is -0.631. The van der Waals surface area contributed by atoms with Gasteiger partial charge in [-0.05, 0) is 29.4 Å². The molecular weight excluding hydrogens is 383 g/mol. The van der Waals surface area contributed by atoms with Gasteiger partial charge in [0.25, 0.3) is 10.1 Å². The van der Waals surface area contributed by atoms with Crippen molar-refractivity contribution in [2.24, 2.45) is 0 Å². The molecule has 0 aliphatic rings. The van der Waals surface area contributed by atoms with Gasteiger partial charge in [0.15, 0.2) is 5.75 Å². The Balaban J connectivity index is 2.65. The van der Waals surface area contributed by atoms with Gasteiger partial charge in [0, 0.05) is 6.42 Å². The standard InChI is InChI=1S/C12H15IO5S/c13-9-5-1-2-8-12(14)18-10-6-3-4-7-11(10)19(15,16)17/h3-4,6-7H,1-2,5,8-9H2,(H,15,16,17). The number of ether oxygens (including phenoxy) is 1. The maximum atomic E-state index is 11.6. The van der Waals surface area contributed by atoms with Crippen LogP contribution < -0.4 is 4.74 Å². The topological polar surface area (TPSA) is 80.7 Å². The molecule has 0 radical (unpaired) electrons. The molecule has 1 aromatic rings. The van der Waals surface area contributed by atoms with Crippen molar-refractivity contribution in [3.63, 3.8) is 0 Å². The van der Waals surface area contributed by atoms with Crippen molar-refractivity contribution in [1.82, 2.24) is 0 Å². The van der Waals surface area contributed by atoms with Crippen LogP contribution in [0.4, 0.5) is 0 Å². The molecule has 0 saturated carbocycles. The molecule has 5 nitrogen and oxygen atoms in total. The number of rotatable bonds is 7. The number of benzene rings is 1. The summed E-state index contributed by atoms with van der Waals surface area (Å²) in [6.07, 6.45) is 2.90. The second kappa shape index (κ2) is 7.81. The predicted octanol–water partition coefficient (Wildman–Crippen LogP) is 2.83. The smallest absolute Gasteiger partial charge is 0.311 e. The molecule has 7 heteroatoms. The van der Waals surface area contributed by atoms with Crippen LogP contribution in [0.25, 0.3) is 0 Å². The normalized spacial score (nSPS) is 11.3. The highest BCUT2D eigenvalue weighted by atomic mass is 127. The molecule has 0 fully saturated rings. The van der Waals surface area contributed by atoms with Crippen LogP contribution in [0.3, 0.4) is 0 Å². The summed E-state index contributed by atoms with van der Waals surface area (Å²) in [4.78, 5) is 11.2. The van der Waals surface area contributed by atoms with Crippen molar-refractivity contribution < 1.29 is 22.5 Å². The monoisotopic (exact) mass is 398 g/mol. The highest BCUT2D eigenvalue weighted by molar-refractivity contribution is 14.1. The van der Waals surface area contributed by atoms with Gasteiger partial charge in [0.05, 0.1) is 0 Å². The van der Waals surface area contributed by atoms with Crippen LogP contribution in [-0.4, -0.2) is 23.4 Å². The van der Waals surface area contributed by atoms with Gasteiger partial charge in [-0.15, -0.1) is 0 Å². The largest absolute Gasteiger partial charge is 0.425 e. The van der Waals surface area contributed by atoms with Crippen molar-refractivity contribution in [3.8, 4) is 5.75 Å². The zero-order valence-corrected chi connectivity index (χ0v) is 13.2. The van der Waals surface area contributed by atoms with Crippen LogP contribution in [0.1, 0.15) is 25.7 Å². The number of carbonyl (C=O) groups excluding carboxylic acids is 1. The first-order valence-electron chi connectivity index (χ1n) is 5.78. The number of hydrogen-bond donors (Lipinski definition) is 1. The molecule has 1 N–H and O–H groups in total. The van der Waals surface area contributed by atoms with Crippen LogP contribution in [-0.2, 0) is 14.9 Å². The zero-order valence-electron chi connectivity index (χ0n) is 10.2. The van der Waals surface area contributed by atoms with Gasteiger partial charge in [0.2, 0.25) is 0 Å². The molecule has 106 valence electrons. The molecule has 0 bridgehead atoms. The molecule has 1 rings (SSSR count). The van der Waals surface area contributed by atoms with Crippen LogP contribution in [0.15, 0.2) is 29.2 Å². The predicted molar refractivity (Wildman–Crippen MR) is 79.2 cm³/mol. The Morgan fingerprint density at radius 2 is 1.89 bits per heavy atom. The van der Waals surface area contributed by atoms with Crippen molar-refractivity contribution in [2.75, 3.05) is 4.43 Å². The highest BCUT2D eigenvalue weighted by Gasteiger charge is 2.17. The fourth-order valence-corrected chi connectivity index (χ4v) is 2.62. The minimum atomic E-state index is -4.39. The third kappa shape index (κ3) is 5.87. The summed E-state index contributed by atoms with van der Waals surface area (Å²) in [5.41, 5.74) is 0. The third-order valence-corrected chi connectivity index (χ3v) is 4.02. The average Bonchev–Trinajstić information content (AvgIpc) is 2.34. The number of unbranched alkanes of at least 4 members (excludes halogenated alkanes) is 2. The van der Waals surface area contributed by atoms with Gasteiger partial charge in [0.1, 0.15) is 4.90 Å². The van der Waals surface area contributed by atoms with E-state index in [1.807, 2.05) is 0 Å². The van der Waals surface area contributed by atoms with E-state index in [1.54, 1.807) is 0 Å². The number of alkyl halides is 1. The molecule has 0 aliphatic carbocycles. The lowest BCUT2D eigenvalue weighted by atomic mass is 10.2. The van der Waals surface area contributed by atoms with E-state index in [4.69, 9.17) is 9.29 Å². The van der Waals surface area contributed by atoms with Gasteiger partial charge in [-0.2, -0.15) is 8.42 Å². The van der Waals surface area contributed by atoms with E-state index in [1.165, 1.54) is 24.3 Å². The van der Waals surface area contributed by atoms with E-state index in [0.29, 0.717) is 6.42 Å². The maximum absolute atomic E-state index is 11.6. The van der Waals surface area contributed by atoms with Crippen molar-refractivity contribution in [3.05, 3.63) is 24.3 Å². The Hall–Kier alpha value is -0.670. The average molecular weight is 398 g/mol. The highest BCUT2D eigenvalue weighted by Crippen LogP contribution is 2.23. The molecule has 0 atom stereocenters. The molecule has 0 unspecified atom stereocenters. The van der Waals surface area contributed by atoms with Crippen LogP contribution in [0, 0.1) is 0 Å². The third-order valence-electron chi connectivity index (χ3n) is 2.37. The van der Waals surface area contributed by atoms with E-state index >= 15 is 0 Å². The molecule has 0 aromatic heterocycles. The summed E-state index contributed by atoms with van der Waals surface area (Å²) in [7, 11) is -4.39. The molecule has 0 spiro atoms. The van der Waals surface area contributed by atoms with E-state index in [-0.39, 0.29) is 12.2 Å². The van der Waals surface area contributed by atoms with Gasteiger partial charge < -0.3 is 4.74 Å². The van der Waals surface area contributed by atoms with Crippen molar-refractivity contribution >= 4 is 38.7 Å². The SMILES string of the molecule is O=C(CCCCCI)Oc1ccccc1S(=O)(=O)O. The first-order valence-corrected chi connectivity index (χ1v) is 8.75. The summed E-state index contributed by atoms with van der Waals surface area (Å²) in [6, 6.07) is 5.51. The Morgan fingerprint density at radius 1 is 1.21 bits per heavy atom. The molecular formula is C12H15IO5S. The maximum Gasteiger partial charge on any atom is 0.311 e. The molecule has 0 amide bonds. The lowest BCUT2D eigenvalue weighted by Gasteiger charge is -2.07. The fraction of sp³-hybridized carbons (Fsp3) is 0.417. The van der Waals surface area contributed by atoms with E-state index < -0.39 is 21.0 Å². The minimum Gasteiger partial charge on any atom is -0.425 e. The number of hydrogen-bond acceptors (Lipinski definition) is 4. The number of carbonyl (C=O) groups is 1. The number of esters is 1. The summed E-state index contributed by atoms with van der Waals surface area (Å²) in [5, 5.41) is 0. The zero-order chi connectivity index (χ0) is 14.3. The molecule has 19 heavy (non-hydrogen) atoms. The van der Waals surface area contributed by atoms with Gasteiger partial charge in [-0.1, -0.05) is 41.1 Å². The lowest BCUT2D eigenvalue weighted by Crippen LogP contribution is -2.10. The summed E-state index contributed by atoms with van der Waals surface area (Å²) < 4.78 is 37.2. The Bertz CT molecular complexity index is 527. The van der Waals surface area contributed by atoms with E-state index in [0.717, 1.165) is 17.3 Å². The van der Waals surface area contributed by atoms with Gasteiger partial charge in [-0.25, -0.2) is 0 Å². The van der Waals surface area contributed by atoms with Crippen molar-refractivity contribution in [2.45, 2.75) is 30.6 Å². The minimum absolute atomic E-state index is 0.135. The van der Waals surface area contributed by atoms with E-state index in [9.17, 15) is 13.2 Å². The number of halogens is 1. The summed E-state index contributed by atoms with van der Waals surface area (Å²) >= 11 is 2.27. The van der Waals surface area contributed by atoms with Crippen molar-refractivity contribution in [1.29, 1.82) is 0 Å². The quantitative estimate of drug-likeness (QED) is 0.191. The Kier molecular flexibility index (Phi) is 6.73. The molecule has 1 aromatic carbocycles. The van der Waals surface area contributed by atoms with E-state index in [2.05, 4.69) is 22.6 Å². The van der Waals surface area contributed by atoms with Crippen LogP contribution in [0.2, 0.25) is 0 Å². The first kappa shape index (κ1) is 16.4. The van der Waals surface area contributed by atoms with Gasteiger partial charge in [-0.3, -0.25) is 9.35 Å². The van der Waals surface area contributed by atoms with Gasteiger partial charge >= 0.3 is 5.97 Å². The first-order chi connectivity index (χ1) is 8.95. The van der Waals surface area contributed by atoms with Crippen LogP contribution >= 0.6 is 22.6 Å². The lowest BCUT2D eigenvalue weighted by molar-refractivity contribution is -0.134. The molecule has 0 saturated heterocycles. The van der Waals surface area contributed by atoms with Crippen LogP contribution in [0.5, 0.6) is 5.75 Å². The second-order valence-electron chi connectivity index (χ2n) is 3.90. The molecule has 0 heterocycles.